The highest BCUT2D eigenvalue weighted by Crippen LogP contribution is 2.25. The standard InChI is InChI=1S/C16H29NO4/c1-11(2)9-10-16(12(3)4,13(18)20-8)17-14(19)21-15(5,6)7/h9,12H,10H2,1-8H3,(H,17,19). The minimum Gasteiger partial charge on any atom is -0.467 e. The van der Waals surface area contributed by atoms with Gasteiger partial charge in [0.15, 0.2) is 0 Å². The van der Waals surface area contributed by atoms with E-state index in [0.717, 1.165) is 5.57 Å². The molecule has 0 radical (unpaired) electrons. The predicted molar refractivity (Wildman–Crippen MR) is 83.0 cm³/mol. The van der Waals surface area contributed by atoms with Crippen LogP contribution in [0.3, 0.4) is 0 Å². The SMILES string of the molecule is COC(=O)C(CC=C(C)C)(NC(=O)OC(C)(C)C)C(C)C. The van der Waals surface area contributed by atoms with E-state index in [1.165, 1.54) is 7.11 Å². The van der Waals surface area contributed by atoms with E-state index < -0.39 is 23.2 Å². The van der Waals surface area contributed by atoms with E-state index in [2.05, 4.69) is 5.32 Å². The highest BCUT2D eigenvalue weighted by atomic mass is 16.6. The molecule has 0 rings (SSSR count). The summed E-state index contributed by atoms with van der Waals surface area (Å²) in [7, 11) is 1.32. The summed E-state index contributed by atoms with van der Waals surface area (Å²) in [6.07, 6.45) is 1.65. The first-order valence-electron chi connectivity index (χ1n) is 7.17. The van der Waals surface area contributed by atoms with Crippen molar-refractivity contribution in [1.29, 1.82) is 0 Å². The fourth-order valence-corrected chi connectivity index (χ4v) is 1.83. The van der Waals surface area contributed by atoms with Crippen molar-refractivity contribution < 1.29 is 19.1 Å². The second-order valence-corrected chi connectivity index (χ2v) is 6.73. The molecule has 0 spiro atoms. The molecule has 122 valence electrons. The molecule has 1 atom stereocenters. The van der Waals surface area contributed by atoms with Crippen LogP contribution in [0.5, 0.6) is 0 Å². The van der Waals surface area contributed by atoms with E-state index in [0.29, 0.717) is 6.42 Å². The van der Waals surface area contributed by atoms with E-state index in [4.69, 9.17) is 9.47 Å². The predicted octanol–water partition coefficient (Wildman–Crippen LogP) is 3.44. The van der Waals surface area contributed by atoms with Crippen molar-refractivity contribution in [3.8, 4) is 0 Å². The van der Waals surface area contributed by atoms with Gasteiger partial charge in [-0.3, -0.25) is 0 Å². The molecule has 5 nitrogen and oxygen atoms in total. The molecule has 0 saturated carbocycles. The van der Waals surface area contributed by atoms with Gasteiger partial charge in [0.25, 0.3) is 0 Å². The van der Waals surface area contributed by atoms with Crippen LogP contribution in [0.25, 0.3) is 0 Å². The van der Waals surface area contributed by atoms with Crippen LogP contribution < -0.4 is 5.32 Å². The molecule has 0 aromatic carbocycles. The van der Waals surface area contributed by atoms with Crippen LogP contribution in [0, 0.1) is 5.92 Å². The van der Waals surface area contributed by atoms with Crippen LogP contribution in [-0.2, 0) is 14.3 Å². The number of carbonyl (C=O) groups is 2. The number of rotatable bonds is 5. The number of hydrogen-bond donors (Lipinski definition) is 1. The fourth-order valence-electron chi connectivity index (χ4n) is 1.83. The van der Waals surface area contributed by atoms with Gasteiger partial charge in [-0.05, 0) is 47.0 Å². The Morgan fingerprint density at radius 1 is 1.19 bits per heavy atom. The van der Waals surface area contributed by atoms with Gasteiger partial charge in [-0.1, -0.05) is 25.5 Å². The van der Waals surface area contributed by atoms with E-state index in [1.807, 2.05) is 33.8 Å². The highest BCUT2D eigenvalue weighted by Gasteiger charge is 2.44. The van der Waals surface area contributed by atoms with Crippen molar-refractivity contribution >= 4 is 12.1 Å². The number of methoxy groups -OCH3 is 1. The Balaban J connectivity index is 5.42. The van der Waals surface area contributed by atoms with Crippen LogP contribution in [0.2, 0.25) is 0 Å². The molecule has 5 heteroatoms. The molecule has 0 bridgehead atoms. The van der Waals surface area contributed by atoms with Gasteiger partial charge in [0.05, 0.1) is 7.11 Å². The van der Waals surface area contributed by atoms with Gasteiger partial charge in [0.2, 0.25) is 0 Å². The van der Waals surface area contributed by atoms with Crippen molar-refractivity contribution in [2.45, 2.75) is 66.0 Å². The van der Waals surface area contributed by atoms with E-state index in [9.17, 15) is 9.59 Å². The van der Waals surface area contributed by atoms with Crippen LogP contribution >= 0.6 is 0 Å². The average Bonchev–Trinajstić information content (AvgIpc) is 2.30. The molecule has 1 N–H and O–H groups in total. The van der Waals surface area contributed by atoms with Gasteiger partial charge >= 0.3 is 12.1 Å². The number of alkyl carbamates (subject to hydrolysis) is 1. The number of allylic oxidation sites excluding steroid dienone is 1. The minimum atomic E-state index is -1.13. The summed E-state index contributed by atoms with van der Waals surface area (Å²) >= 11 is 0. The first-order valence-corrected chi connectivity index (χ1v) is 7.17. The van der Waals surface area contributed by atoms with E-state index in [-0.39, 0.29) is 5.92 Å². The Bertz CT molecular complexity index is 403. The first-order chi connectivity index (χ1) is 9.44. The molecule has 0 aliphatic heterocycles. The van der Waals surface area contributed by atoms with Crippen LogP contribution in [-0.4, -0.2) is 30.3 Å². The number of ether oxygens (including phenoxy) is 2. The van der Waals surface area contributed by atoms with Gasteiger partial charge < -0.3 is 14.8 Å². The monoisotopic (exact) mass is 299 g/mol. The van der Waals surface area contributed by atoms with Gasteiger partial charge in [0.1, 0.15) is 11.1 Å². The Labute approximate surface area is 128 Å². The van der Waals surface area contributed by atoms with Crippen molar-refractivity contribution in [2.75, 3.05) is 7.11 Å². The zero-order valence-corrected chi connectivity index (χ0v) is 14.5. The molecule has 0 heterocycles. The maximum absolute atomic E-state index is 12.3. The molecular formula is C16H29NO4. The molecular weight excluding hydrogens is 270 g/mol. The summed E-state index contributed by atoms with van der Waals surface area (Å²) < 4.78 is 10.2. The maximum Gasteiger partial charge on any atom is 0.408 e. The lowest BCUT2D eigenvalue weighted by Crippen LogP contribution is -2.59. The summed E-state index contributed by atoms with van der Waals surface area (Å²) in [4.78, 5) is 24.3. The van der Waals surface area contributed by atoms with Crippen molar-refractivity contribution in [3.05, 3.63) is 11.6 Å². The number of carbonyl (C=O) groups excluding carboxylic acids is 2. The molecule has 0 aliphatic carbocycles. The summed E-state index contributed by atoms with van der Waals surface area (Å²) in [5.41, 5.74) is -0.691. The molecule has 1 unspecified atom stereocenters. The smallest absolute Gasteiger partial charge is 0.408 e. The Hall–Kier alpha value is -1.52. The second-order valence-electron chi connectivity index (χ2n) is 6.73. The zero-order valence-electron chi connectivity index (χ0n) is 14.5. The topological polar surface area (TPSA) is 64.6 Å². The minimum absolute atomic E-state index is 0.145. The third-order valence-electron chi connectivity index (χ3n) is 3.09. The highest BCUT2D eigenvalue weighted by molar-refractivity contribution is 5.86. The lowest BCUT2D eigenvalue weighted by Gasteiger charge is -2.35. The number of hydrogen-bond acceptors (Lipinski definition) is 4. The van der Waals surface area contributed by atoms with Gasteiger partial charge in [-0.15, -0.1) is 0 Å². The van der Waals surface area contributed by atoms with Gasteiger partial charge in [0, 0.05) is 0 Å². The van der Waals surface area contributed by atoms with Crippen molar-refractivity contribution in [3.63, 3.8) is 0 Å². The fraction of sp³-hybridized carbons (Fsp3) is 0.750. The van der Waals surface area contributed by atoms with Crippen molar-refractivity contribution in [1.82, 2.24) is 5.32 Å². The molecule has 0 aromatic heterocycles. The normalized spacial score (nSPS) is 14.1. The molecule has 1 amide bonds. The quantitative estimate of drug-likeness (QED) is 0.624. The Morgan fingerprint density at radius 2 is 1.71 bits per heavy atom. The maximum atomic E-state index is 12.3. The Morgan fingerprint density at radius 3 is 2.05 bits per heavy atom. The summed E-state index contributed by atoms with van der Waals surface area (Å²) in [6.45, 7) is 12.9. The molecule has 0 aromatic rings. The summed E-state index contributed by atoms with van der Waals surface area (Å²) in [5.74, 6) is -0.617. The molecule has 21 heavy (non-hydrogen) atoms. The number of nitrogens with one attached hydrogen (secondary N) is 1. The van der Waals surface area contributed by atoms with E-state index in [1.54, 1.807) is 20.8 Å². The number of amides is 1. The zero-order chi connectivity index (χ0) is 16.8. The van der Waals surface area contributed by atoms with Crippen LogP contribution in [0.15, 0.2) is 11.6 Å². The third kappa shape index (κ3) is 6.19. The largest absolute Gasteiger partial charge is 0.467 e. The van der Waals surface area contributed by atoms with Crippen molar-refractivity contribution in [2.24, 2.45) is 5.92 Å². The summed E-state index contributed by atoms with van der Waals surface area (Å²) in [6, 6.07) is 0. The molecule has 0 aliphatic rings. The van der Waals surface area contributed by atoms with Gasteiger partial charge in [-0.25, -0.2) is 9.59 Å². The third-order valence-corrected chi connectivity index (χ3v) is 3.09. The first kappa shape index (κ1) is 19.5. The molecule has 0 fully saturated rings. The lowest BCUT2D eigenvalue weighted by molar-refractivity contribution is -0.150. The second kappa shape index (κ2) is 7.48. The van der Waals surface area contributed by atoms with Crippen LogP contribution in [0.4, 0.5) is 4.79 Å². The number of esters is 1. The van der Waals surface area contributed by atoms with E-state index >= 15 is 0 Å². The lowest BCUT2D eigenvalue weighted by atomic mass is 9.82. The average molecular weight is 299 g/mol. The van der Waals surface area contributed by atoms with Crippen LogP contribution in [0.1, 0.15) is 54.9 Å². The molecule has 0 saturated heterocycles. The summed E-state index contributed by atoms with van der Waals surface area (Å²) in [5, 5.41) is 2.71. The Kier molecular flexibility index (Phi) is 6.94. The van der Waals surface area contributed by atoms with Gasteiger partial charge in [-0.2, -0.15) is 0 Å².